The van der Waals surface area contributed by atoms with Gasteiger partial charge in [-0.2, -0.15) is 0 Å². The molecule has 0 bridgehead atoms. The molecule has 0 atom stereocenters. The molecule has 0 rings (SSSR count). The standard InChI is InChI=1S/C17H39N3O2S/c1-6-7-8-9-10-17-23(21,22)20(15-11-13-18(2)3)16-12-14-19(4)5/h6-17H2,1-5H3. The molecule has 0 N–H and O–H groups in total. The number of sulfonamides is 1. The van der Waals surface area contributed by atoms with Gasteiger partial charge in [0.25, 0.3) is 0 Å². The van der Waals surface area contributed by atoms with Crippen LogP contribution in [-0.4, -0.2) is 82.6 Å². The van der Waals surface area contributed by atoms with Crippen molar-refractivity contribution < 1.29 is 8.42 Å². The van der Waals surface area contributed by atoms with Gasteiger partial charge in [0.2, 0.25) is 10.0 Å². The molecule has 0 aliphatic rings. The normalized spacial score (nSPS) is 12.7. The Hall–Kier alpha value is -0.170. The summed E-state index contributed by atoms with van der Waals surface area (Å²) in [6.45, 7) is 5.31. The highest BCUT2D eigenvalue weighted by Crippen LogP contribution is 2.10. The molecule has 5 nitrogen and oxygen atoms in total. The number of hydrogen-bond donors (Lipinski definition) is 0. The van der Waals surface area contributed by atoms with Crippen LogP contribution in [0.2, 0.25) is 0 Å². The van der Waals surface area contributed by atoms with E-state index < -0.39 is 10.0 Å². The summed E-state index contributed by atoms with van der Waals surface area (Å²) in [4.78, 5) is 4.21. The van der Waals surface area contributed by atoms with Crippen LogP contribution in [0.15, 0.2) is 0 Å². The molecule has 0 aromatic rings. The van der Waals surface area contributed by atoms with Crippen LogP contribution in [0.3, 0.4) is 0 Å². The summed E-state index contributed by atoms with van der Waals surface area (Å²) in [6.07, 6.45) is 7.14. The van der Waals surface area contributed by atoms with Gasteiger partial charge in [0.1, 0.15) is 0 Å². The Kier molecular flexibility index (Phi) is 13.1. The van der Waals surface area contributed by atoms with Gasteiger partial charge >= 0.3 is 0 Å². The summed E-state index contributed by atoms with van der Waals surface area (Å²) in [5.74, 6) is 0.306. The lowest BCUT2D eigenvalue weighted by atomic mass is 10.2. The fourth-order valence-corrected chi connectivity index (χ4v) is 4.18. The van der Waals surface area contributed by atoms with Crippen molar-refractivity contribution in [3.8, 4) is 0 Å². The van der Waals surface area contributed by atoms with Gasteiger partial charge < -0.3 is 9.80 Å². The smallest absolute Gasteiger partial charge is 0.214 e. The molecule has 6 heteroatoms. The van der Waals surface area contributed by atoms with E-state index in [9.17, 15) is 8.42 Å². The molecule has 140 valence electrons. The second-order valence-corrected chi connectivity index (χ2v) is 9.03. The predicted molar refractivity (Wildman–Crippen MR) is 100 cm³/mol. The molecule has 0 aromatic carbocycles. The Labute approximate surface area is 145 Å². The fraction of sp³-hybridized carbons (Fsp3) is 1.00. The van der Waals surface area contributed by atoms with Gasteiger partial charge in [0.05, 0.1) is 5.75 Å². The summed E-state index contributed by atoms with van der Waals surface area (Å²) in [5, 5.41) is 0. The highest BCUT2D eigenvalue weighted by Gasteiger charge is 2.20. The minimum Gasteiger partial charge on any atom is -0.309 e. The van der Waals surface area contributed by atoms with Crippen LogP contribution in [-0.2, 0) is 10.0 Å². The highest BCUT2D eigenvalue weighted by molar-refractivity contribution is 7.89. The van der Waals surface area contributed by atoms with E-state index in [4.69, 9.17) is 0 Å². The molecule has 0 aromatic heterocycles. The van der Waals surface area contributed by atoms with Crippen molar-refractivity contribution in [1.29, 1.82) is 0 Å². The van der Waals surface area contributed by atoms with E-state index in [1.165, 1.54) is 12.8 Å². The molecule has 0 radical (unpaired) electrons. The Bertz CT molecular complexity index is 356. The topological polar surface area (TPSA) is 43.9 Å². The summed E-state index contributed by atoms with van der Waals surface area (Å²) < 4.78 is 26.9. The molecule has 0 saturated heterocycles. The van der Waals surface area contributed by atoms with Gasteiger partial charge in [-0.25, -0.2) is 12.7 Å². The van der Waals surface area contributed by atoms with Crippen LogP contribution in [0.4, 0.5) is 0 Å². The molecule has 0 aliphatic heterocycles. The van der Waals surface area contributed by atoms with Gasteiger partial charge in [-0.15, -0.1) is 0 Å². The number of nitrogens with zero attached hydrogens (tertiary/aromatic N) is 3. The van der Waals surface area contributed by atoms with E-state index in [1.807, 2.05) is 28.2 Å². The minimum absolute atomic E-state index is 0.306. The molecule has 0 aliphatic carbocycles. The molecular formula is C17H39N3O2S. The van der Waals surface area contributed by atoms with Crippen LogP contribution in [0, 0.1) is 0 Å². The maximum Gasteiger partial charge on any atom is 0.214 e. The number of hydrogen-bond acceptors (Lipinski definition) is 4. The van der Waals surface area contributed by atoms with Crippen LogP contribution < -0.4 is 0 Å². The maximum absolute atomic E-state index is 12.6. The molecule has 23 heavy (non-hydrogen) atoms. The predicted octanol–water partition coefficient (Wildman–Crippen LogP) is 2.49. The average Bonchev–Trinajstić information content (AvgIpc) is 2.44. The third-order valence-electron chi connectivity index (χ3n) is 3.92. The van der Waals surface area contributed by atoms with Crippen molar-refractivity contribution in [2.24, 2.45) is 0 Å². The highest BCUT2D eigenvalue weighted by atomic mass is 32.2. The van der Waals surface area contributed by atoms with Gasteiger partial charge in [0.15, 0.2) is 0 Å². The van der Waals surface area contributed by atoms with Crippen molar-refractivity contribution in [3.63, 3.8) is 0 Å². The Morgan fingerprint density at radius 2 is 1.13 bits per heavy atom. The summed E-state index contributed by atoms with van der Waals surface area (Å²) in [5.41, 5.74) is 0. The lowest BCUT2D eigenvalue weighted by molar-refractivity contribution is 0.326. The van der Waals surface area contributed by atoms with Crippen molar-refractivity contribution in [2.45, 2.75) is 51.9 Å². The summed E-state index contributed by atoms with van der Waals surface area (Å²) in [6, 6.07) is 0. The van der Waals surface area contributed by atoms with Gasteiger partial charge in [-0.1, -0.05) is 32.6 Å². The number of unbranched alkanes of at least 4 members (excludes halogenated alkanes) is 4. The molecule has 0 unspecified atom stereocenters. The monoisotopic (exact) mass is 349 g/mol. The molecular weight excluding hydrogens is 310 g/mol. The van der Waals surface area contributed by atoms with E-state index in [-0.39, 0.29) is 0 Å². The third-order valence-corrected chi connectivity index (χ3v) is 5.88. The Morgan fingerprint density at radius 1 is 0.652 bits per heavy atom. The zero-order valence-electron chi connectivity index (χ0n) is 16.1. The zero-order chi connectivity index (χ0) is 17.7. The minimum atomic E-state index is -3.11. The summed E-state index contributed by atoms with van der Waals surface area (Å²) in [7, 11) is 5.00. The van der Waals surface area contributed by atoms with Crippen molar-refractivity contribution >= 4 is 10.0 Å². The van der Waals surface area contributed by atoms with Gasteiger partial charge in [-0.3, -0.25) is 0 Å². The quantitative estimate of drug-likeness (QED) is 0.426. The van der Waals surface area contributed by atoms with E-state index in [2.05, 4.69) is 16.7 Å². The first kappa shape index (κ1) is 22.8. The first-order valence-corrected chi connectivity index (χ1v) is 10.7. The van der Waals surface area contributed by atoms with Crippen LogP contribution in [0.25, 0.3) is 0 Å². The molecule has 0 heterocycles. The van der Waals surface area contributed by atoms with Crippen LogP contribution in [0.5, 0.6) is 0 Å². The Morgan fingerprint density at radius 3 is 1.57 bits per heavy atom. The molecule has 0 amide bonds. The third kappa shape index (κ3) is 12.9. The average molecular weight is 350 g/mol. The maximum atomic E-state index is 12.6. The lowest BCUT2D eigenvalue weighted by Gasteiger charge is -2.23. The van der Waals surface area contributed by atoms with Crippen LogP contribution >= 0.6 is 0 Å². The second kappa shape index (κ2) is 13.2. The van der Waals surface area contributed by atoms with Crippen molar-refractivity contribution in [2.75, 3.05) is 60.1 Å². The van der Waals surface area contributed by atoms with E-state index in [1.54, 1.807) is 4.31 Å². The molecule has 0 saturated carbocycles. The van der Waals surface area contributed by atoms with Gasteiger partial charge in [-0.05, 0) is 60.5 Å². The van der Waals surface area contributed by atoms with E-state index in [0.717, 1.165) is 45.2 Å². The largest absolute Gasteiger partial charge is 0.309 e. The first-order valence-electron chi connectivity index (χ1n) is 9.07. The SMILES string of the molecule is CCCCCCCS(=O)(=O)N(CCCN(C)C)CCCN(C)C. The van der Waals surface area contributed by atoms with E-state index >= 15 is 0 Å². The molecule has 0 spiro atoms. The van der Waals surface area contributed by atoms with Crippen LogP contribution in [0.1, 0.15) is 51.9 Å². The van der Waals surface area contributed by atoms with Crippen molar-refractivity contribution in [1.82, 2.24) is 14.1 Å². The Balaban J connectivity index is 4.40. The zero-order valence-corrected chi connectivity index (χ0v) is 16.9. The van der Waals surface area contributed by atoms with Crippen molar-refractivity contribution in [3.05, 3.63) is 0 Å². The van der Waals surface area contributed by atoms with E-state index in [0.29, 0.717) is 18.8 Å². The number of rotatable bonds is 15. The lowest BCUT2D eigenvalue weighted by Crippen LogP contribution is -2.37. The summed E-state index contributed by atoms with van der Waals surface area (Å²) >= 11 is 0. The molecule has 0 fully saturated rings. The first-order chi connectivity index (χ1) is 10.8. The second-order valence-electron chi connectivity index (χ2n) is 6.94. The van der Waals surface area contributed by atoms with Gasteiger partial charge in [0, 0.05) is 13.1 Å². The fourth-order valence-electron chi connectivity index (χ4n) is 2.53.